The highest BCUT2D eigenvalue weighted by Crippen LogP contribution is 2.16. The summed E-state index contributed by atoms with van der Waals surface area (Å²) in [7, 11) is 0. The Morgan fingerprint density at radius 1 is 1.17 bits per heavy atom. The number of nitrogens with one attached hydrogen (secondary N) is 1. The van der Waals surface area contributed by atoms with Crippen LogP contribution in [0.3, 0.4) is 0 Å². The maximum absolute atomic E-state index is 3.51. The minimum absolute atomic E-state index is 0.785. The summed E-state index contributed by atoms with van der Waals surface area (Å²) in [6.45, 7) is 9.89. The molecule has 0 saturated carbocycles. The highest BCUT2D eigenvalue weighted by molar-refractivity contribution is 5.80. The lowest BCUT2D eigenvalue weighted by Crippen LogP contribution is -2.21. The van der Waals surface area contributed by atoms with Gasteiger partial charge in [-0.25, -0.2) is 0 Å². The normalized spacial score (nSPS) is 11.6. The zero-order valence-electron chi connectivity index (χ0n) is 11.7. The summed E-state index contributed by atoms with van der Waals surface area (Å²) in [4.78, 5) is 0. The molecule has 18 heavy (non-hydrogen) atoms. The Balaban J connectivity index is 1.88. The summed E-state index contributed by atoms with van der Waals surface area (Å²) in [6.07, 6.45) is 3.44. The van der Waals surface area contributed by atoms with Gasteiger partial charge < -0.3 is 9.88 Å². The third kappa shape index (κ3) is 3.36. The van der Waals surface area contributed by atoms with Crippen LogP contribution < -0.4 is 5.32 Å². The van der Waals surface area contributed by atoms with Crippen LogP contribution in [0.1, 0.15) is 25.8 Å². The molecular weight excluding hydrogens is 220 g/mol. The van der Waals surface area contributed by atoms with E-state index in [0.717, 1.165) is 25.6 Å². The maximum Gasteiger partial charge on any atom is 0.0480 e. The van der Waals surface area contributed by atoms with Crippen LogP contribution in [-0.2, 0) is 6.54 Å². The van der Waals surface area contributed by atoms with Crippen molar-refractivity contribution in [3.63, 3.8) is 0 Å². The highest BCUT2D eigenvalue weighted by atomic mass is 15.0. The van der Waals surface area contributed by atoms with Gasteiger partial charge in [-0.3, -0.25) is 0 Å². The second kappa shape index (κ2) is 6.05. The molecule has 98 valence electrons. The number of nitrogens with zero attached hydrogens (tertiary/aromatic N) is 1. The van der Waals surface area contributed by atoms with Gasteiger partial charge in [0.05, 0.1) is 0 Å². The van der Waals surface area contributed by atoms with Crippen LogP contribution in [0.5, 0.6) is 0 Å². The van der Waals surface area contributed by atoms with Crippen molar-refractivity contribution in [2.45, 2.75) is 33.7 Å². The van der Waals surface area contributed by atoms with Gasteiger partial charge >= 0.3 is 0 Å². The molecule has 0 atom stereocenters. The van der Waals surface area contributed by atoms with Crippen molar-refractivity contribution in [3.8, 4) is 0 Å². The molecule has 1 N–H and O–H groups in total. The first-order valence-corrected chi connectivity index (χ1v) is 6.93. The van der Waals surface area contributed by atoms with E-state index in [1.807, 2.05) is 0 Å². The molecule has 0 aliphatic heterocycles. The second-order valence-corrected chi connectivity index (χ2v) is 5.50. The third-order valence-corrected chi connectivity index (χ3v) is 3.35. The molecule has 0 radical (unpaired) electrons. The fraction of sp³-hybridized carbons (Fsp3) is 0.500. The fourth-order valence-corrected chi connectivity index (χ4v) is 2.23. The number of rotatable bonds is 6. The molecule has 1 heterocycles. The monoisotopic (exact) mass is 244 g/mol. The van der Waals surface area contributed by atoms with E-state index >= 15 is 0 Å². The highest BCUT2D eigenvalue weighted by Gasteiger charge is 2.00. The van der Waals surface area contributed by atoms with Crippen molar-refractivity contribution in [1.29, 1.82) is 0 Å². The number of aromatic nitrogens is 1. The second-order valence-electron chi connectivity index (χ2n) is 5.50. The summed E-state index contributed by atoms with van der Waals surface area (Å²) >= 11 is 0. The van der Waals surface area contributed by atoms with Crippen LogP contribution in [0, 0.1) is 12.8 Å². The average Bonchev–Trinajstić information content (AvgIpc) is 2.70. The fourth-order valence-electron chi connectivity index (χ4n) is 2.23. The molecule has 2 rings (SSSR count). The van der Waals surface area contributed by atoms with Crippen LogP contribution in [0.15, 0.2) is 30.5 Å². The number of aryl methyl sites for hydroxylation is 1. The van der Waals surface area contributed by atoms with E-state index in [4.69, 9.17) is 0 Å². The number of hydrogen-bond acceptors (Lipinski definition) is 1. The van der Waals surface area contributed by atoms with E-state index in [2.05, 4.69) is 61.1 Å². The lowest BCUT2D eigenvalue weighted by atomic mass is 10.1. The molecule has 0 aliphatic rings. The van der Waals surface area contributed by atoms with Crippen molar-refractivity contribution in [3.05, 3.63) is 36.0 Å². The molecule has 0 saturated heterocycles. The van der Waals surface area contributed by atoms with Crippen molar-refractivity contribution in [2.24, 2.45) is 5.92 Å². The molecule has 2 aromatic rings. The third-order valence-electron chi connectivity index (χ3n) is 3.35. The Hall–Kier alpha value is -1.28. The molecule has 1 aromatic carbocycles. The first-order valence-electron chi connectivity index (χ1n) is 6.93. The molecule has 2 nitrogen and oxygen atoms in total. The van der Waals surface area contributed by atoms with Gasteiger partial charge in [0, 0.05) is 24.8 Å². The quantitative estimate of drug-likeness (QED) is 0.768. The van der Waals surface area contributed by atoms with Crippen LogP contribution in [-0.4, -0.2) is 17.7 Å². The van der Waals surface area contributed by atoms with Gasteiger partial charge in [-0.1, -0.05) is 25.5 Å². The summed E-state index contributed by atoms with van der Waals surface area (Å²) in [5, 5.41) is 4.85. The Bertz CT molecular complexity index is 497. The Labute approximate surface area is 110 Å². The minimum Gasteiger partial charge on any atom is -0.346 e. The summed E-state index contributed by atoms with van der Waals surface area (Å²) in [5.41, 5.74) is 2.67. The van der Waals surface area contributed by atoms with E-state index in [9.17, 15) is 0 Å². The van der Waals surface area contributed by atoms with Crippen molar-refractivity contribution < 1.29 is 0 Å². The lowest BCUT2D eigenvalue weighted by Gasteiger charge is -2.09. The summed E-state index contributed by atoms with van der Waals surface area (Å²) in [5.74, 6) is 0.785. The van der Waals surface area contributed by atoms with Gasteiger partial charge in [-0.2, -0.15) is 0 Å². The van der Waals surface area contributed by atoms with Gasteiger partial charge in [-0.15, -0.1) is 0 Å². The van der Waals surface area contributed by atoms with E-state index < -0.39 is 0 Å². The zero-order chi connectivity index (χ0) is 13.0. The van der Waals surface area contributed by atoms with E-state index in [1.54, 1.807) is 0 Å². The molecular formula is C16H24N2. The lowest BCUT2D eigenvalue weighted by molar-refractivity contribution is 0.522. The Kier molecular flexibility index (Phi) is 4.43. The Morgan fingerprint density at radius 3 is 2.78 bits per heavy atom. The van der Waals surface area contributed by atoms with Crippen molar-refractivity contribution in [2.75, 3.05) is 13.1 Å². The topological polar surface area (TPSA) is 17.0 Å². The number of benzene rings is 1. The van der Waals surface area contributed by atoms with Gasteiger partial charge in [0.15, 0.2) is 0 Å². The van der Waals surface area contributed by atoms with Crippen LogP contribution in [0.4, 0.5) is 0 Å². The van der Waals surface area contributed by atoms with Gasteiger partial charge in [0.25, 0.3) is 0 Å². The predicted octanol–water partition coefficient (Wildman–Crippen LogP) is 3.59. The first kappa shape index (κ1) is 13.2. The smallest absolute Gasteiger partial charge is 0.0480 e. The maximum atomic E-state index is 3.51. The van der Waals surface area contributed by atoms with E-state index in [1.165, 1.54) is 22.9 Å². The van der Waals surface area contributed by atoms with Crippen LogP contribution >= 0.6 is 0 Å². The van der Waals surface area contributed by atoms with Gasteiger partial charge in [0.2, 0.25) is 0 Å². The Morgan fingerprint density at radius 2 is 2.00 bits per heavy atom. The largest absolute Gasteiger partial charge is 0.346 e. The summed E-state index contributed by atoms with van der Waals surface area (Å²) < 4.78 is 2.33. The SMILES string of the molecule is Cc1ccc2c(ccn2CCNCCC(C)C)c1. The number of hydrogen-bond donors (Lipinski definition) is 1. The zero-order valence-corrected chi connectivity index (χ0v) is 11.7. The molecule has 0 fully saturated rings. The van der Waals surface area contributed by atoms with Gasteiger partial charge in [-0.05, 0) is 49.4 Å². The summed E-state index contributed by atoms with van der Waals surface area (Å²) in [6, 6.07) is 8.86. The molecule has 0 amide bonds. The average molecular weight is 244 g/mol. The molecule has 1 aromatic heterocycles. The van der Waals surface area contributed by atoms with Gasteiger partial charge in [0.1, 0.15) is 0 Å². The van der Waals surface area contributed by atoms with Crippen molar-refractivity contribution >= 4 is 10.9 Å². The minimum atomic E-state index is 0.785. The van der Waals surface area contributed by atoms with Crippen LogP contribution in [0.25, 0.3) is 10.9 Å². The molecule has 0 unspecified atom stereocenters. The first-order chi connectivity index (χ1) is 8.66. The van der Waals surface area contributed by atoms with Crippen LogP contribution in [0.2, 0.25) is 0 Å². The standard InChI is InChI=1S/C16H24N2/c1-13(2)6-8-17-9-11-18-10-7-15-12-14(3)4-5-16(15)18/h4-5,7,10,12-13,17H,6,8-9,11H2,1-3H3. The molecule has 0 bridgehead atoms. The molecule has 0 spiro atoms. The van der Waals surface area contributed by atoms with E-state index in [-0.39, 0.29) is 0 Å². The van der Waals surface area contributed by atoms with Crippen molar-refractivity contribution in [1.82, 2.24) is 9.88 Å². The van der Waals surface area contributed by atoms with E-state index in [0.29, 0.717) is 0 Å². The number of fused-ring (bicyclic) bond motifs is 1. The predicted molar refractivity (Wildman–Crippen MR) is 79.0 cm³/mol. The molecule has 0 aliphatic carbocycles. The molecule has 2 heteroatoms.